The van der Waals surface area contributed by atoms with Crippen LogP contribution in [-0.4, -0.2) is 16.7 Å². The minimum Gasteiger partial charge on any atom is -0.447 e. The van der Waals surface area contributed by atoms with E-state index < -0.39 is 6.04 Å². The molecular formula is C5H9ClN2O2. The van der Waals surface area contributed by atoms with Crippen molar-refractivity contribution in [2.45, 2.75) is 6.04 Å². The fourth-order valence-corrected chi connectivity index (χ4v) is 0.499. The van der Waals surface area contributed by atoms with Gasteiger partial charge in [-0.2, -0.15) is 0 Å². The maximum atomic E-state index is 8.49. The normalized spacial score (nSPS) is 12.2. The van der Waals surface area contributed by atoms with Crippen molar-refractivity contribution in [2.75, 3.05) is 6.61 Å². The van der Waals surface area contributed by atoms with Gasteiger partial charge in [0.25, 0.3) is 0 Å². The summed E-state index contributed by atoms with van der Waals surface area (Å²) in [6.07, 6.45) is 2.77. The number of rotatable bonds is 2. The number of aliphatic hydroxyl groups excluding tert-OH is 1. The van der Waals surface area contributed by atoms with E-state index in [0.29, 0.717) is 5.76 Å². The van der Waals surface area contributed by atoms with Crippen LogP contribution in [0, 0.1) is 0 Å². The summed E-state index contributed by atoms with van der Waals surface area (Å²) in [7, 11) is 0. The van der Waals surface area contributed by atoms with Gasteiger partial charge in [-0.1, -0.05) is 0 Å². The Morgan fingerprint density at radius 1 is 1.80 bits per heavy atom. The molecule has 4 nitrogen and oxygen atoms in total. The van der Waals surface area contributed by atoms with E-state index in [-0.39, 0.29) is 19.0 Å². The molecule has 1 unspecified atom stereocenters. The lowest BCUT2D eigenvalue weighted by Crippen LogP contribution is -2.13. The molecule has 0 aliphatic carbocycles. The first-order valence-corrected chi connectivity index (χ1v) is 2.59. The highest BCUT2D eigenvalue weighted by Gasteiger charge is 2.05. The van der Waals surface area contributed by atoms with E-state index in [1.807, 2.05) is 0 Å². The number of oxazole rings is 1. The van der Waals surface area contributed by atoms with Crippen LogP contribution in [0.25, 0.3) is 0 Å². The third kappa shape index (κ3) is 1.98. The molecule has 1 atom stereocenters. The molecule has 1 rings (SSSR count). The lowest BCUT2D eigenvalue weighted by atomic mass is 10.3. The molecule has 0 spiro atoms. The van der Waals surface area contributed by atoms with Crippen molar-refractivity contribution in [2.24, 2.45) is 5.73 Å². The number of hydrogen-bond donors (Lipinski definition) is 2. The van der Waals surface area contributed by atoms with Gasteiger partial charge in [0.15, 0.2) is 6.39 Å². The first-order chi connectivity index (χ1) is 4.34. The Bertz CT molecular complexity index is 166. The van der Waals surface area contributed by atoms with E-state index >= 15 is 0 Å². The van der Waals surface area contributed by atoms with Gasteiger partial charge in [-0.05, 0) is 0 Å². The topological polar surface area (TPSA) is 72.3 Å². The molecule has 0 radical (unpaired) electrons. The fourth-order valence-electron chi connectivity index (χ4n) is 0.499. The summed E-state index contributed by atoms with van der Waals surface area (Å²) in [6, 6.07) is -0.438. The fraction of sp³-hybridized carbons (Fsp3) is 0.400. The van der Waals surface area contributed by atoms with Crippen LogP contribution in [0.2, 0.25) is 0 Å². The first kappa shape index (κ1) is 9.42. The number of nitrogens with two attached hydrogens (primary N) is 1. The maximum Gasteiger partial charge on any atom is 0.180 e. The average Bonchev–Trinajstić information content (AvgIpc) is 2.37. The van der Waals surface area contributed by atoms with Gasteiger partial charge in [0.1, 0.15) is 5.76 Å². The van der Waals surface area contributed by atoms with Gasteiger partial charge in [-0.25, -0.2) is 4.98 Å². The van der Waals surface area contributed by atoms with Gasteiger partial charge in [0.05, 0.1) is 18.8 Å². The Morgan fingerprint density at radius 3 is 2.90 bits per heavy atom. The summed E-state index contributed by atoms with van der Waals surface area (Å²) in [5, 5.41) is 8.49. The zero-order chi connectivity index (χ0) is 6.69. The van der Waals surface area contributed by atoms with Crippen molar-refractivity contribution in [3.8, 4) is 0 Å². The van der Waals surface area contributed by atoms with Crippen LogP contribution in [0.1, 0.15) is 11.8 Å². The average molecular weight is 165 g/mol. The second-order valence-corrected chi connectivity index (χ2v) is 1.69. The van der Waals surface area contributed by atoms with E-state index in [1.54, 1.807) is 0 Å². The molecule has 10 heavy (non-hydrogen) atoms. The van der Waals surface area contributed by atoms with E-state index in [1.165, 1.54) is 12.6 Å². The quantitative estimate of drug-likeness (QED) is 0.650. The first-order valence-electron chi connectivity index (χ1n) is 2.59. The molecule has 0 saturated heterocycles. The van der Waals surface area contributed by atoms with Crippen molar-refractivity contribution in [3.63, 3.8) is 0 Å². The smallest absolute Gasteiger partial charge is 0.180 e. The van der Waals surface area contributed by atoms with E-state index in [0.717, 1.165) is 0 Å². The minimum atomic E-state index is -0.438. The summed E-state index contributed by atoms with van der Waals surface area (Å²) in [4.78, 5) is 3.63. The summed E-state index contributed by atoms with van der Waals surface area (Å²) < 4.78 is 4.79. The van der Waals surface area contributed by atoms with Gasteiger partial charge >= 0.3 is 0 Å². The van der Waals surface area contributed by atoms with Crippen molar-refractivity contribution in [1.29, 1.82) is 0 Å². The molecule has 58 valence electrons. The minimum absolute atomic E-state index is 0. The lowest BCUT2D eigenvalue weighted by Gasteiger charge is -1.99. The molecule has 0 saturated carbocycles. The third-order valence-corrected chi connectivity index (χ3v) is 1.01. The molecule has 0 aliphatic heterocycles. The predicted molar refractivity (Wildman–Crippen MR) is 37.8 cm³/mol. The summed E-state index contributed by atoms with van der Waals surface area (Å²) in [6.45, 7) is -0.116. The van der Waals surface area contributed by atoms with Crippen LogP contribution >= 0.6 is 12.4 Å². The molecule has 3 N–H and O–H groups in total. The number of aliphatic hydroxyl groups is 1. The number of aromatic nitrogens is 1. The number of halogens is 1. The van der Waals surface area contributed by atoms with Crippen molar-refractivity contribution in [1.82, 2.24) is 4.98 Å². The molecule has 0 amide bonds. The van der Waals surface area contributed by atoms with Crippen molar-refractivity contribution in [3.05, 3.63) is 18.4 Å². The highest BCUT2D eigenvalue weighted by atomic mass is 35.5. The Labute approximate surface area is 64.5 Å². The molecule has 0 aliphatic rings. The van der Waals surface area contributed by atoms with Crippen LogP contribution in [-0.2, 0) is 0 Å². The molecule has 0 aromatic carbocycles. The molecule has 1 heterocycles. The lowest BCUT2D eigenvalue weighted by molar-refractivity contribution is 0.252. The largest absolute Gasteiger partial charge is 0.447 e. The second kappa shape index (κ2) is 4.27. The van der Waals surface area contributed by atoms with Gasteiger partial charge in [0, 0.05) is 0 Å². The van der Waals surface area contributed by atoms with Crippen LogP contribution in [0.15, 0.2) is 17.0 Å². The molecule has 5 heteroatoms. The van der Waals surface area contributed by atoms with Crippen LogP contribution in [0.4, 0.5) is 0 Å². The van der Waals surface area contributed by atoms with E-state index in [9.17, 15) is 0 Å². The molecule has 1 aromatic rings. The monoisotopic (exact) mass is 164 g/mol. The van der Waals surface area contributed by atoms with Crippen LogP contribution in [0.5, 0.6) is 0 Å². The number of hydrogen-bond acceptors (Lipinski definition) is 4. The van der Waals surface area contributed by atoms with Crippen LogP contribution < -0.4 is 5.73 Å². The summed E-state index contributed by atoms with van der Waals surface area (Å²) >= 11 is 0. The van der Waals surface area contributed by atoms with E-state index in [2.05, 4.69) is 4.98 Å². The molecular weight excluding hydrogens is 156 g/mol. The Morgan fingerprint density at radius 2 is 2.50 bits per heavy atom. The molecule has 0 bridgehead atoms. The Balaban J connectivity index is 0.000000810. The van der Waals surface area contributed by atoms with Gasteiger partial charge in [-0.3, -0.25) is 0 Å². The molecule has 0 fully saturated rings. The third-order valence-electron chi connectivity index (χ3n) is 1.01. The SMILES string of the molecule is Cl.NC(CO)c1cnco1. The highest BCUT2D eigenvalue weighted by Crippen LogP contribution is 2.05. The Hall–Kier alpha value is -0.580. The number of nitrogens with zero attached hydrogens (tertiary/aromatic N) is 1. The van der Waals surface area contributed by atoms with Crippen molar-refractivity contribution < 1.29 is 9.52 Å². The van der Waals surface area contributed by atoms with Gasteiger partial charge in [0.2, 0.25) is 0 Å². The standard InChI is InChI=1S/C5H8N2O2.ClH/c6-4(2-8)5-1-7-3-9-5;/h1,3-4,8H,2,6H2;1H. The Kier molecular flexibility index (Phi) is 4.02. The maximum absolute atomic E-state index is 8.49. The van der Waals surface area contributed by atoms with Crippen LogP contribution in [0.3, 0.4) is 0 Å². The zero-order valence-corrected chi connectivity index (χ0v) is 6.04. The summed E-state index contributed by atoms with van der Waals surface area (Å²) in [5.74, 6) is 0.512. The second-order valence-electron chi connectivity index (χ2n) is 1.69. The summed E-state index contributed by atoms with van der Waals surface area (Å²) in [5.41, 5.74) is 5.35. The van der Waals surface area contributed by atoms with Crippen molar-refractivity contribution >= 4 is 12.4 Å². The molecule has 1 aromatic heterocycles. The van der Waals surface area contributed by atoms with E-state index in [4.69, 9.17) is 15.3 Å². The van der Waals surface area contributed by atoms with Gasteiger partial charge < -0.3 is 15.3 Å². The highest BCUT2D eigenvalue weighted by molar-refractivity contribution is 5.85. The zero-order valence-electron chi connectivity index (χ0n) is 5.23. The van der Waals surface area contributed by atoms with Gasteiger partial charge in [-0.15, -0.1) is 12.4 Å². The predicted octanol–water partition coefficient (Wildman–Crippen LogP) is 0.0885.